The lowest BCUT2D eigenvalue weighted by Crippen LogP contribution is -2.18. The van der Waals surface area contributed by atoms with Crippen LogP contribution in [0.15, 0.2) is 182 Å². The van der Waals surface area contributed by atoms with Crippen LogP contribution in [-0.4, -0.2) is 0 Å². The molecule has 0 heterocycles. The van der Waals surface area contributed by atoms with Gasteiger partial charge in [0, 0.05) is 28.4 Å². The molecular formula is C52H47N. The van der Waals surface area contributed by atoms with Gasteiger partial charge in [0.1, 0.15) is 0 Å². The van der Waals surface area contributed by atoms with Crippen LogP contribution in [0.1, 0.15) is 67.9 Å². The number of hydrogen-bond acceptors (Lipinski definition) is 1. The van der Waals surface area contributed by atoms with Gasteiger partial charge in [-0.25, -0.2) is 0 Å². The summed E-state index contributed by atoms with van der Waals surface area (Å²) in [6.45, 7) is 11.2. The number of anilines is 2. The molecule has 0 saturated heterocycles. The molecule has 2 aliphatic rings. The van der Waals surface area contributed by atoms with Gasteiger partial charge in [-0.1, -0.05) is 171 Å². The number of hydrogen-bond donors (Lipinski definition) is 0. The average Bonchev–Trinajstić information content (AvgIpc) is 3.43. The van der Waals surface area contributed by atoms with Crippen molar-refractivity contribution in [3.05, 3.63) is 209 Å². The minimum atomic E-state index is -0.0223. The molecule has 53 heavy (non-hydrogen) atoms. The first-order valence-electron chi connectivity index (χ1n) is 18.9. The van der Waals surface area contributed by atoms with Gasteiger partial charge in [0.2, 0.25) is 0 Å². The Bertz CT molecular complexity index is 2470. The molecule has 2 aliphatic carbocycles. The van der Waals surface area contributed by atoms with E-state index in [-0.39, 0.29) is 5.41 Å². The van der Waals surface area contributed by atoms with Gasteiger partial charge in [-0.05, 0) is 112 Å². The summed E-state index contributed by atoms with van der Waals surface area (Å²) in [5.74, 6) is 0.408. The second kappa shape index (κ2) is 14.2. The molecule has 0 fully saturated rings. The number of nitrogens with zero attached hydrogens (tertiary/aromatic N) is 1. The average molecular weight is 686 g/mol. The van der Waals surface area contributed by atoms with Gasteiger partial charge in [-0.15, -0.1) is 0 Å². The summed E-state index contributed by atoms with van der Waals surface area (Å²) in [5.41, 5.74) is 14.4. The summed E-state index contributed by atoms with van der Waals surface area (Å²) in [5, 5.41) is 5.30. The molecular weight excluding hydrogens is 639 g/mol. The maximum atomic E-state index is 2.41. The second-order valence-corrected chi connectivity index (χ2v) is 15.0. The molecule has 0 bridgehead atoms. The lowest BCUT2D eigenvalue weighted by Gasteiger charge is -2.29. The highest BCUT2D eigenvalue weighted by Crippen LogP contribution is 2.50. The summed E-state index contributed by atoms with van der Waals surface area (Å²) in [6.07, 6.45) is 10.2. The lowest BCUT2D eigenvalue weighted by molar-refractivity contribution is 0.659. The summed E-state index contributed by atoms with van der Waals surface area (Å²) < 4.78 is 0. The fourth-order valence-electron chi connectivity index (χ4n) is 8.20. The third kappa shape index (κ3) is 6.53. The Balaban J connectivity index is 0.000000237. The Kier molecular flexibility index (Phi) is 9.19. The lowest BCUT2D eigenvalue weighted by atomic mass is 9.82. The normalized spacial score (nSPS) is 15.7. The predicted octanol–water partition coefficient (Wildman–Crippen LogP) is 14.5. The summed E-state index contributed by atoms with van der Waals surface area (Å²) in [6, 6.07) is 55.1. The first kappa shape index (κ1) is 34.2. The zero-order valence-corrected chi connectivity index (χ0v) is 31.5. The van der Waals surface area contributed by atoms with E-state index in [0.717, 1.165) is 6.42 Å². The van der Waals surface area contributed by atoms with Gasteiger partial charge >= 0.3 is 0 Å². The van der Waals surface area contributed by atoms with E-state index in [2.05, 4.69) is 215 Å². The standard InChI is InChI=1S/C38H37N.C14H10/c1-6-27(3)39(33-21-23-35-34-22-12-26(2)24-36(34)38(4,5)37(35)25-33)32-19-17-31(18-20-32)30-15-13-29(14-16-30)28-10-8-7-9-11-28;1-3-7-13-11(5-1)9-10-12-6-2-4-8-14(12)13/h6-15,17-25,30H,16H2,1-5H3;1-10H/b27-6+;. The van der Waals surface area contributed by atoms with Gasteiger partial charge in [-0.2, -0.15) is 0 Å². The Morgan fingerprint density at radius 3 is 1.85 bits per heavy atom. The molecule has 0 aliphatic heterocycles. The Labute approximate surface area is 315 Å². The molecule has 0 radical (unpaired) electrons. The first-order valence-corrected chi connectivity index (χ1v) is 18.9. The van der Waals surface area contributed by atoms with Crippen LogP contribution in [0.2, 0.25) is 0 Å². The van der Waals surface area contributed by atoms with E-state index in [1.54, 1.807) is 0 Å². The molecule has 1 unspecified atom stereocenters. The van der Waals surface area contributed by atoms with Crippen molar-refractivity contribution in [2.45, 2.75) is 52.4 Å². The quantitative estimate of drug-likeness (QED) is 0.163. The topological polar surface area (TPSA) is 3.24 Å². The fraction of sp³-hybridized carbons (Fsp3) is 0.154. The van der Waals surface area contributed by atoms with Gasteiger partial charge in [0.05, 0.1) is 0 Å². The molecule has 1 nitrogen and oxygen atoms in total. The monoisotopic (exact) mass is 685 g/mol. The van der Waals surface area contributed by atoms with E-state index >= 15 is 0 Å². The molecule has 7 aromatic carbocycles. The van der Waals surface area contributed by atoms with Gasteiger partial charge in [-0.3, -0.25) is 0 Å². The predicted molar refractivity (Wildman–Crippen MR) is 229 cm³/mol. The Hall–Kier alpha value is -5.92. The minimum absolute atomic E-state index is 0.0223. The van der Waals surface area contributed by atoms with Gasteiger partial charge in [0.15, 0.2) is 0 Å². The maximum absolute atomic E-state index is 2.41. The van der Waals surface area contributed by atoms with E-state index in [1.807, 2.05) is 0 Å². The van der Waals surface area contributed by atoms with Crippen LogP contribution in [-0.2, 0) is 5.41 Å². The van der Waals surface area contributed by atoms with E-state index in [0.29, 0.717) is 5.92 Å². The van der Waals surface area contributed by atoms with Crippen LogP contribution >= 0.6 is 0 Å². The van der Waals surface area contributed by atoms with Crippen LogP contribution in [0.3, 0.4) is 0 Å². The zero-order chi connectivity index (χ0) is 36.5. The first-order chi connectivity index (χ1) is 25.8. The molecule has 260 valence electrons. The van der Waals surface area contributed by atoms with Crippen molar-refractivity contribution in [3.8, 4) is 11.1 Å². The molecule has 0 aromatic heterocycles. The molecule has 0 spiro atoms. The van der Waals surface area contributed by atoms with Gasteiger partial charge in [0.25, 0.3) is 0 Å². The van der Waals surface area contributed by atoms with Crippen molar-refractivity contribution in [2.24, 2.45) is 0 Å². The molecule has 1 atom stereocenters. The Morgan fingerprint density at radius 1 is 0.642 bits per heavy atom. The molecule has 0 saturated carbocycles. The molecule has 0 amide bonds. The van der Waals surface area contributed by atoms with Crippen molar-refractivity contribution >= 4 is 38.5 Å². The van der Waals surface area contributed by atoms with Crippen LogP contribution in [0.5, 0.6) is 0 Å². The zero-order valence-electron chi connectivity index (χ0n) is 31.5. The molecule has 9 rings (SSSR count). The highest BCUT2D eigenvalue weighted by Gasteiger charge is 2.36. The maximum Gasteiger partial charge on any atom is 0.0461 e. The number of rotatable bonds is 5. The van der Waals surface area contributed by atoms with Crippen molar-refractivity contribution < 1.29 is 0 Å². The van der Waals surface area contributed by atoms with E-state index in [9.17, 15) is 0 Å². The smallest absolute Gasteiger partial charge is 0.0461 e. The van der Waals surface area contributed by atoms with E-state index in [4.69, 9.17) is 0 Å². The fourth-order valence-corrected chi connectivity index (χ4v) is 8.20. The van der Waals surface area contributed by atoms with Crippen molar-refractivity contribution in [1.82, 2.24) is 0 Å². The number of allylic oxidation sites excluding steroid dienone is 6. The second-order valence-electron chi connectivity index (χ2n) is 15.0. The SMILES string of the molecule is C/C=C(\C)N(c1ccc(C2C=CC(c3ccccc3)=CC2)cc1)c1ccc2c(c1)C(C)(C)c1cc(C)ccc1-2.c1ccc2c(c1)ccc1ccccc12. The number of aryl methyl sites for hydroxylation is 1. The summed E-state index contributed by atoms with van der Waals surface area (Å²) in [4.78, 5) is 2.39. The highest BCUT2D eigenvalue weighted by molar-refractivity contribution is 6.07. The van der Waals surface area contributed by atoms with Crippen LogP contribution in [0, 0.1) is 6.92 Å². The van der Waals surface area contributed by atoms with Crippen LogP contribution in [0.4, 0.5) is 11.4 Å². The third-order valence-corrected chi connectivity index (χ3v) is 11.3. The van der Waals surface area contributed by atoms with Crippen LogP contribution < -0.4 is 4.90 Å². The summed E-state index contributed by atoms with van der Waals surface area (Å²) in [7, 11) is 0. The number of benzene rings is 7. The van der Waals surface area contributed by atoms with Crippen molar-refractivity contribution in [1.29, 1.82) is 0 Å². The largest absolute Gasteiger partial charge is 0.315 e. The van der Waals surface area contributed by atoms with Crippen molar-refractivity contribution in [2.75, 3.05) is 4.90 Å². The Morgan fingerprint density at radius 2 is 1.23 bits per heavy atom. The molecule has 0 N–H and O–H groups in total. The van der Waals surface area contributed by atoms with E-state index in [1.165, 1.54) is 83.1 Å². The number of fused-ring (bicyclic) bond motifs is 6. The minimum Gasteiger partial charge on any atom is -0.315 e. The van der Waals surface area contributed by atoms with Crippen molar-refractivity contribution in [3.63, 3.8) is 0 Å². The van der Waals surface area contributed by atoms with E-state index < -0.39 is 0 Å². The highest BCUT2D eigenvalue weighted by atomic mass is 15.1. The molecule has 1 heteroatoms. The molecule has 7 aromatic rings. The van der Waals surface area contributed by atoms with Gasteiger partial charge < -0.3 is 4.90 Å². The third-order valence-electron chi connectivity index (χ3n) is 11.3. The summed E-state index contributed by atoms with van der Waals surface area (Å²) >= 11 is 0. The van der Waals surface area contributed by atoms with Crippen LogP contribution in [0.25, 0.3) is 38.2 Å².